The SMILES string of the molecule is CC(Nc1ccc(Br)cc1F)C(=O)NC1CCCCC1. The van der Waals surface area contributed by atoms with Crippen LogP contribution in [0.2, 0.25) is 0 Å². The molecule has 20 heavy (non-hydrogen) atoms. The molecule has 1 fully saturated rings. The lowest BCUT2D eigenvalue weighted by Crippen LogP contribution is -2.44. The van der Waals surface area contributed by atoms with Crippen molar-refractivity contribution in [2.24, 2.45) is 0 Å². The van der Waals surface area contributed by atoms with Gasteiger partial charge in [-0.3, -0.25) is 4.79 Å². The minimum Gasteiger partial charge on any atom is -0.372 e. The van der Waals surface area contributed by atoms with Crippen molar-refractivity contribution in [2.45, 2.75) is 51.1 Å². The van der Waals surface area contributed by atoms with E-state index >= 15 is 0 Å². The molecule has 0 aromatic heterocycles. The molecule has 5 heteroatoms. The Morgan fingerprint density at radius 1 is 1.35 bits per heavy atom. The van der Waals surface area contributed by atoms with Crippen LogP contribution >= 0.6 is 15.9 Å². The molecule has 1 aliphatic carbocycles. The van der Waals surface area contributed by atoms with Crippen molar-refractivity contribution in [1.29, 1.82) is 0 Å². The molecule has 1 aliphatic rings. The second-order valence-electron chi connectivity index (χ2n) is 5.33. The molecule has 1 unspecified atom stereocenters. The van der Waals surface area contributed by atoms with E-state index in [1.807, 2.05) is 0 Å². The second kappa shape index (κ2) is 7.07. The lowest BCUT2D eigenvalue weighted by atomic mass is 9.95. The maximum absolute atomic E-state index is 13.7. The Bertz CT molecular complexity index is 475. The normalized spacial score (nSPS) is 17.6. The number of hydrogen-bond donors (Lipinski definition) is 2. The third kappa shape index (κ3) is 4.20. The third-order valence-corrected chi connectivity index (χ3v) is 4.14. The van der Waals surface area contributed by atoms with E-state index in [0.717, 1.165) is 12.8 Å². The average Bonchev–Trinajstić information content (AvgIpc) is 2.43. The van der Waals surface area contributed by atoms with Crippen LogP contribution in [0.5, 0.6) is 0 Å². The van der Waals surface area contributed by atoms with E-state index in [9.17, 15) is 9.18 Å². The van der Waals surface area contributed by atoms with Crippen molar-refractivity contribution < 1.29 is 9.18 Å². The third-order valence-electron chi connectivity index (χ3n) is 3.65. The number of nitrogens with one attached hydrogen (secondary N) is 2. The average molecular weight is 343 g/mol. The highest BCUT2D eigenvalue weighted by Gasteiger charge is 2.20. The zero-order valence-corrected chi connectivity index (χ0v) is 13.2. The van der Waals surface area contributed by atoms with E-state index in [1.54, 1.807) is 19.1 Å². The van der Waals surface area contributed by atoms with E-state index < -0.39 is 6.04 Å². The number of amides is 1. The zero-order valence-electron chi connectivity index (χ0n) is 11.6. The summed E-state index contributed by atoms with van der Waals surface area (Å²) in [5, 5.41) is 5.96. The van der Waals surface area contributed by atoms with Crippen molar-refractivity contribution >= 4 is 27.5 Å². The van der Waals surface area contributed by atoms with E-state index in [2.05, 4.69) is 26.6 Å². The summed E-state index contributed by atoms with van der Waals surface area (Å²) in [6.45, 7) is 1.75. The van der Waals surface area contributed by atoms with Gasteiger partial charge < -0.3 is 10.6 Å². The van der Waals surface area contributed by atoms with Crippen LogP contribution in [0.1, 0.15) is 39.0 Å². The predicted molar refractivity (Wildman–Crippen MR) is 82.2 cm³/mol. The van der Waals surface area contributed by atoms with E-state index in [-0.39, 0.29) is 17.8 Å². The van der Waals surface area contributed by atoms with Crippen molar-refractivity contribution in [2.75, 3.05) is 5.32 Å². The summed E-state index contributed by atoms with van der Waals surface area (Å²) in [5.74, 6) is -0.434. The summed E-state index contributed by atoms with van der Waals surface area (Å²) in [7, 11) is 0. The van der Waals surface area contributed by atoms with Gasteiger partial charge in [-0.15, -0.1) is 0 Å². The molecule has 110 valence electrons. The first-order valence-electron chi connectivity index (χ1n) is 7.08. The minimum absolute atomic E-state index is 0.0702. The van der Waals surface area contributed by atoms with Gasteiger partial charge in [-0.1, -0.05) is 35.2 Å². The Morgan fingerprint density at radius 3 is 2.70 bits per heavy atom. The molecule has 1 amide bonds. The van der Waals surface area contributed by atoms with Crippen molar-refractivity contribution in [3.63, 3.8) is 0 Å². The van der Waals surface area contributed by atoms with Crippen LogP contribution in [-0.2, 0) is 4.79 Å². The Labute approximate surface area is 127 Å². The standard InChI is InChI=1S/C15H20BrFN2O/c1-10(15(20)19-12-5-3-2-4-6-12)18-14-8-7-11(16)9-13(14)17/h7-10,12,18H,2-6H2,1H3,(H,19,20). The van der Waals surface area contributed by atoms with Gasteiger partial charge in [0, 0.05) is 10.5 Å². The molecule has 0 saturated heterocycles. The summed E-state index contributed by atoms with van der Waals surface area (Å²) >= 11 is 3.21. The molecule has 0 radical (unpaired) electrons. The molecule has 2 N–H and O–H groups in total. The smallest absolute Gasteiger partial charge is 0.242 e. The monoisotopic (exact) mass is 342 g/mol. The van der Waals surface area contributed by atoms with Gasteiger partial charge in [-0.05, 0) is 38.0 Å². The van der Waals surface area contributed by atoms with Gasteiger partial charge in [0.15, 0.2) is 0 Å². The van der Waals surface area contributed by atoms with E-state index in [4.69, 9.17) is 0 Å². The Kier molecular flexibility index (Phi) is 5.40. The molecule has 3 nitrogen and oxygen atoms in total. The number of carbonyl (C=O) groups excluding carboxylic acids is 1. The fourth-order valence-electron chi connectivity index (χ4n) is 2.48. The molecule has 1 aromatic carbocycles. The number of anilines is 1. The van der Waals surface area contributed by atoms with Gasteiger partial charge in [0.25, 0.3) is 0 Å². The van der Waals surface area contributed by atoms with Crippen LogP contribution in [0.3, 0.4) is 0 Å². The Morgan fingerprint density at radius 2 is 2.05 bits per heavy atom. The summed E-state index contributed by atoms with van der Waals surface area (Å²) in [6, 6.07) is 4.58. The van der Waals surface area contributed by atoms with Crippen molar-refractivity contribution in [1.82, 2.24) is 5.32 Å². The molecule has 0 bridgehead atoms. The van der Waals surface area contributed by atoms with Gasteiger partial charge >= 0.3 is 0 Å². The molecule has 1 atom stereocenters. The number of carbonyl (C=O) groups is 1. The fraction of sp³-hybridized carbons (Fsp3) is 0.533. The van der Waals surface area contributed by atoms with E-state index in [0.29, 0.717) is 10.2 Å². The first-order chi connectivity index (χ1) is 9.56. The zero-order chi connectivity index (χ0) is 14.5. The second-order valence-corrected chi connectivity index (χ2v) is 6.25. The molecule has 0 spiro atoms. The largest absolute Gasteiger partial charge is 0.372 e. The van der Waals surface area contributed by atoms with E-state index in [1.165, 1.54) is 25.3 Å². The number of benzene rings is 1. The van der Waals surface area contributed by atoms with Crippen LogP contribution in [0.4, 0.5) is 10.1 Å². The molecule has 2 rings (SSSR count). The number of halogens is 2. The van der Waals surface area contributed by atoms with Crippen LogP contribution in [0.25, 0.3) is 0 Å². The summed E-state index contributed by atoms with van der Waals surface area (Å²) < 4.78 is 14.4. The van der Waals surface area contributed by atoms with Crippen LogP contribution in [-0.4, -0.2) is 18.0 Å². The van der Waals surface area contributed by atoms with Gasteiger partial charge in [0.2, 0.25) is 5.91 Å². The quantitative estimate of drug-likeness (QED) is 0.872. The molecular weight excluding hydrogens is 323 g/mol. The number of rotatable bonds is 4. The molecule has 1 saturated carbocycles. The minimum atomic E-state index is -0.451. The summed E-state index contributed by atoms with van der Waals surface area (Å²) in [4.78, 5) is 12.1. The highest BCUT2D eigenvalue weighted by atomic mass is 79.9. The highest BCUT2D eigenvalue weighted by molar-refractivity contribution is 9.10. The lowest BCUT2D eigenvalue weighted by molar-refractivity contribution is -0.122. The van der Waals surface area contributed by atoms with Crippen LogP contribution in [0.15, 0.2) is 22.7 Å². The maximum atomic E-state index is 13.7. The van der Waals surface area contributed by atoms with Gasteiger partial charge in [0.05, 0.1) is 5.69 Å². The van der Waals surface area contributed by atoms with Gasteiger partial charge in [-0.25, -0.2) is 4.39 Å². The Hall–Kier alpha value is -1.10. The molecule has 0 aliphatic heterocycles. The molecule has 1 aromatic rings. The van der Waals surface area contributed by atoms with Crippen LogP contribution < -0.4 is 10.6 Å². The van der Waals surface area contributed by atoms with Crippen molar-refractivity contribution in [3.05, 3.63) is 28.5 Å². The fourth-order valence-corrected chi connectivity index (χ4v) is 2.81. The highest BCUT2D eigenvalue weighted by Crippen LogP contribution is 2.20. The molecular formula is C15H20BrFN2O. The Balaban J connectivity index is 1.89. The van der Waals surface area contributed by atoms with Crippen molar-refractivity contribution in [3.8, 4) is 0 Å². The van der Waals surface area contributed by atoms with Crippen LogP contribution in [0, 0.1) is 5.82 Å². The number of hydrogen-bond acceptors (Lipinski definition) is 2. The topological polar surface area (TPSA) is 41.1 Å². The first kappa shape index (κ1) is 15.3. The van der Waals surface area contributed by atoms with Gasteiger partial charge in [-0.2, -0.15) is 0 Å². The van der Waals surface area contributed by atoms with Gasteiger partial charge in [0.1, 0.15) is 11.9 Å². The summed E-state index contributed by atoms with van der Waals surface area (Å²) in [5.41, 5.74) is 0.347. The summed E-state index contributed by atoms with van der Waals surface area (Å²) in [6.07, 6.45) is 5.70. The molecule has 0 heterocycles. The lowest BCUT2D eigenvalue weighted by Gasteiger charge is -2.25. The predicted octanol–water partition coefficient (Wildman–Crippen LogP) is 3.84. The first-order valence-corrected chi connectivity index (χ1v) is 7.87. The maximum Gasteiger partial charge on any atom is 0.242 e.